The number of benzene rings is 2. The van der Waals surface area contributed by atoms with Gasteiger partial charge < -0.3 is 4.57 Å². The lowest BCUT2D eigenvalue weighted by Crippen LogP contribution is -2.01. The Hall–Kier alpha value is -2.17. The van der Waals surface area contributed by atoms with Crippen LogP contribution in [0.25, 0.3) is 21.7 Å². The fourth-order valence-corrected chi connectivity index (χ4v) is 3.81. The molecule has 0 bridgehead atoms. The zero-order chi connectivity index (χ0) is 16.7. The molecular formula is C19H14ClFN2S. The molecule has 0 aliphatic rings. The molecule has 0 N–H and O–H groups in total. The van der Waals surface area contributed by atoms with Gasteiger partial charge in [0.1, 0.15) is 5.82 Å². The quantitative estimate of drug-likeness (QED) is 0.446. The van der Waals surface area contributed by atoms with Crippen molar-refractivity contribution in [3.63, 3.8) is 0 Å². The van der Waals surface area contributed by atoms with Crippen LogP contribution in [0.5, 0.6) is 0 Å². The average molecular weight is 357 g/mol. The minimum Gasteiger partial charge on any atom is -0.319 e. The van der Waals surface area contributed by atoms with Gasteiger partial charge in [-0.25, -0.2) is 9.37 Å². The highest BCUT2D eigenvalue weighted by molar-refractivity contribution is 7.15. The van der Waals surface area contributed by atoms with Gasteiger partial charge in [0.2, 0.25) is 0 Å². The summed E-state index contributed by atoms with van der Waals surface area (Å²) in [4.78, 5) is 7.14. The van der Waals surface area contributed by atoms with Crippen LogP contribution in [-0.2, 0) is 6.54 Å². The lowest BCUT2D eigenvalue weighted by Gasteiger charge is -2.08. The standard InChI is InChI=1S/C19H14ClFN2S/c1-12-2-9-18(24-12)19-22-16-10-14(20)5-8-17(16)23(19)11-13-3-6-15(21)7-4-13/h2-10H,11H2,1H3. The van der Waals surface area contributed by atoms with Crippen LogP contribution in [0.15, 0.2) is 54.6 Å². The zero-order valence-corrected chi connectivity index (χ0v) is 14.5. The second kappa shape index (κ2) is 6.04. The topological polar surface area (TPSA) is 17.8 Å². The summed E-state index contributed by atoms with van der Waals surface area (Å²) in [5, 5.41) is 0.669. The smallest absolute Gasteiger partial charge is 0.151 e. The summed E-state index contributed by atoms with van der Waals surface area (Å²) in [6.07, 6.45) is 0. The molecule has 2 aromatic carbocycles. The van der Waals surface area contributed by atoms with Crippen LogP contribution in [0.3, 0.4) is 0 Å². The van der Waals surface area contributed by atoms with E-state index in [2.05, 4.69) is 23.6 Å². The van der Waals surface area contributed by atoms with Crippen molar-refractivity contribution in [1.82, 2.24) is 9.55 Å². The molecule has 0 atom stereocenters. The number of imidazole rings is 1. The van der Waals surface area contributed by atoms with Crippen LogP contribution in [0.1, 0.15) is 10.4 Å². The number of rotatable bonds is 3. The predicted octanol–water partition coefficient (Wildman–Crippen LogP) is 5.91. The Morgan fingerprint density at radius 3 is 2.58 bits per heavy atom. The van der Waals surface area contributed by atoms with Crippen molar-refractivity contribution >= 4 is 34.0 Å². The summed E-state index contributed by atoms with van der Waals surface area (Å²) in [6.45, 7) is 2.71. The van der Waals surface area contributed by atoms with E-state index in [1.807, 2.05) is 18.2 Å². The molecule has 4 aromatic rings. The minimum atomic E-state index is -0.227. The molecule has 0 amide bonds. The van der Waals surface area contributed by atoms with Gasteiger partial charge in [0.05, 0.1) is 15.9 Å². The largest absolute Gasteiger partial charge is 0.319 e. The maximum absolute atomic E-state index is 13.2. The van der Waals surface area contributed by atoms with Crippen molar-refractivity contribution in [3.8, 4) is 10.7 Å². The molecule has 5 heteroatoms. The minimum absolute atomic E-state index is 0.227. The van der Waals surface area contributed by atoms with E-state index >= 15 is 0 Å². The van der Waals surface area contributed by atoms with Crippen LogP contribution < -0.4 is 0 Å². The molecule has 2 heterocycles. The number of fused-ring (bicyclic) bond motifs is 1. The number of aromatic nitrogens is 2. The Bertz CT molecular complexity index is 1020. The molecule has 0 aliphatic heterocycles. The van der Waals surface area contributed by atoms with Gasteiger partial charge in [-0.2, -0.15) is 0 Å². The Balaban J connectivity index is 1.88. The third kappa shape index (κ3) is 2.83. The molecule has 2 aromatic heterocycles. The Morgan fingerprint density at radius 1 is 1.08 bits per heavy atom. The Kier molecular flexibility index (Phi) is 3.87. The average Bonchev–Trinajstić information content (AvgIpc) is 3.13. The monoisotopic (exact) mass is 356 g/mol. The maximum Gasteiger partial charge on any atom is 0.151 e. The van der Waals surface area contributed by atoms with E-state index in [0.29, 0.717) is 11.6 Å². The molecule has 0 saturated carbocycles. The van der Waals surface area contributed by atoms with E-state index in [1.165, 1.54) is 17.0 Å². The molecule has 4 rings (SSSR count). The first-order chi connectivity index (χ1) is 11.6. The summed E-state index contributed by atoms with van der Waals surface area (Å²) >= 11 is 7.83. The second-order valence-corrected chi connectivity index (χ2v) is 7.42. The van der Waals surface area contributed by atoms with E-state index in [-0.39, 0.29) is 5.82 Å². The normalized spacial score (nSPS) is 11.3. The van der Waals surface area contributed by atoms with Gasteiger partial charge in [-0.15, -0.1) is 11.3 Å². The highest BCUT2D eigenvalue weighted by Crippen LogP contribution is 2.31. The second-order valence-electron chi connectivity index (χ2n) is 5.69. The molecular weight excluding hydrogens is 343 g/mol. The number of nitrogens with zero attached hydrogens (tertiary/aromatic N) is 2. The van der Waals surface area contributed by atoms with Gasteiger partial charge >= 0.3 is 0 Å². The van der Waals surface area contributed by atoms with Crippen LogP contribution in [0.2, 0.25) is 5.02 Å². The maximum atomic E-state index is 13.2. The fraction of sp³-hybridized carbons (Fsp3) is 0.105. The third-order valence-electron chi connectivity index (χ3n) is 3.92. The lowest BCUT2D eigenvalue weighted by molar-refractivity contribution is 0.626. The first kappa shape index (κ1) is 15.4. The number of halogens is 2. The highest BCUT2D eigenvalue weighted by atomic mass is 35.5. The third-order valence-corrected chi connectivity index (χ3v) is 5.16. The number of aryl methyl sites for hydroxylation is 1. The number of hydrogen-bond acceptors (Lipinski definition) is 2. The van der Waals surface area contributed by atoms with Crippen molar-refractivity contribution in [3.05, 3.63) is 75.9 Å². The molecule has 0 radical (unpaired) electrons. The van der Waals surface area contributed by atoms with Crippen molar-refractivity contribution in [2.75, 3.05) is 0 Å². The van der Waals surface area contributed by atoms with Crippen molar-refractivity contribution < 1.29 is 4.39 Å². The van der Waals surface area contributed by atoms with Gasteiger partial charge in [-0.05, 0) is 55.0 Å². The first-order valence-corrected chi connectivity index (χ1v) is 8.76. The lowest BCUT2D eigenvalue weighted by atomic mass is 10.2. The van der Waals surface area contributed by atoms with Crippen LogP contribution in [0, 0.1) is 12.7 Å². The Labute approximate surface area is 148 Å². The molecule has 0 unspecified atom stereocenters. The number of thiophene rings is 1. The predicted molar refractivity (Wildman–Crippen MR) is 98.3 cm³/mol. The molecule has 0 spiro atoms. The molecule has 24 heavy (non-hydrogen) atoms. The van der Waals surface area contributed by atoms with Crippen LogP contribution in [0.4, 0.5) is 4.39 Å². The van der Waals surface area contributed by atoms with E-state index in [1.54, 1.807) is 23.5 Å². The summed E-state index contributed by atoms with van der Waals surface area (Å²) in [7, 11) is 0. The molecule has 0 aliphatic carbocycles. The van der Waals surface area contributed by atoms with Gasteiger partial charge in [0.15, 0.2) is 5.82 Å². The van der Waals surface area contributed by atoms with E-state index < -0.39 is 0 Å². The van der Waals surface area contributed by atoms with E-state index in [0.717, 1.165) is 27.3 Å². The molecule has 0 saturated heterocycles. The fourth-order valence-electron chi connectivity index (χ4n) is 2.78. The summed E-state index contributed by atoms with van der Waals surface area (Å²) < 4.78 is 15.3. The van der Waals surface area contributed by atoms with E-state index in [9.17, 15) is 4.39 Å². The van der Waals surface area contributed by atoms with Crippen molar-refractivity contribution in [2.45, 2.75) is 13.5 Å². The molecule has 120 valence electrons. The van der Waals surface area contributed by atoms with Crippen LogP contribution in [-0.4, -0.2) is 9.55 Å². The van der Waals surface area contributed by atoms with Crippen LogP contribution >= 0.6 is 22.9 Å². The Morgan fingerprint density at radius 2 is 1.88 bits per heavy atom. The van der Waals surface area contributed by atoms with E-state index in [4.69, 9.17) is 16.6 Å². The molecule has 2 nitrogen and oxygen atoms in total. The summed E-state index contributed by atoms with van der Waals surface area (Å²) in [5.41, 5.74) is 2.91. The number of hydrogen-bond donors (Lipinski definition) is 0. The van der Waals surface area contributed by atoms with Crippen molar-refractivity contribution in [2.24, 2.45) is 0 Å². The van der Waals surface area contributed by atoms with Gasteiger partial charge in [-0.1, -0.05) is 23.7 Å². The van der Waals surface area contributed by atoms with Gasteiger partial charge in [0, 0.05) is 16.4 Å². The molecule has 0 fully saturated rings. The summed E-state index contributed by atoms with van der Waals surface area (Å²) in [6, 6.07) is 16.5. The van der Waals surface area contributed by atoms with Crippen molar-refractivity contribution in [1.29, 1.82) is 0 Å². The zero-order valence-electron chi connectivity index (χ0n) is 13.0. The van der Waals surface area contributed by atoms with Gasteiger partial charge in [0.25, 0.3) is 0 Å². The highest BCUT2D eigenvalue weighted by Gasteiger charge is 2.15. The SMILES string of the molecule is Cc1ccc(-c2nc3cc(Cl)ccc3n2Cc2ccc(F)cc2)s1. The summed E-state index contributed by atoms with van der Waals surface area (Å²) in [5.74, 6) is 0.685. The van der Waals surface area contributed by atoms with Gasteiger partial charge in [-0.3, -0.25) is 0 Å². The first-order valence-electron chi connectivity index (χ1n) is 7.57.